The van der Waals surface area contributed by atoms with Crippen LogP contribution < -0.4 is 14.8 Å². The first-order chi connectivity index (χ1) is 13.4. The molecule has 2 aromatic carbocycles. The summed E-state index contributed by atoms with van der Waals surface area (Å²) in [6.07, 6.45) is 3.22. The van der Waals surface area contributed by atoms with E-state index >= 15 is 0 Å². The molecule has 1 amide bonds. The molecule has 2 aromatic rings. The van der Waals surface area contributed by atoms with Crippen molar-refractivity contribution >= 4 is 21.6 Å². The van der Waals surface area contributed by atoms with Gasteiger partial charge in [-0.25, -0.2) is 8.42 Å². The highest BCUT2D eigenvalue weighted by Crippen LogP contribution is 2.48. The van der Waals surface area contributed by atoms with E-state index in [2.05, 4.69) is 16.6 Å². The summed E-state index contributed by atoms with van der Waals surface area (Å²) in [5, 5.41) is 2.84. The van der Waals surface area contributed by atoms with Gasteiger partial charge < -0.3 is 10.1 Å². The number of nitrogens with one attached hydrogen (secondary N) is 2. The van der Waals surface area contributed by atoms with Crippen LogP contribution in [0.4, 0.5) is 5.69 Å². The molecule has 3 rings (SSSR count). The molecular weight excluding hydrogens is 376 g/mol. The number of rotatable bonds is 9. The molecule has 2 N–H and O–H groups in total. The average Bonchev–Trinajstić information content (AvgIpc) is 3.49. The van der Waals surface area contributed by atoms with Crippen molar-refractivity contribution in [2.45, 2.75) is 30.1 Å². The minimum Gasteiger partial charge on any atom is -0.494 e. The summed E-state index contributed by atoms with van der Waals surface area (Å²) in [5.41, 5.74) is 0.827. The lowest BCUT2D eigenvalue weighted by atomic mass is 9.95. The van der Waals surface area contributed by atoms with E-state index in [-0.39, 0.29) is 10.8 Å². The van der Waals surface area contributed by atoms with Gasteiger partial charge in [0.05, 0.1) is 16.9 Å². The number of carbonyl (C=O) groups is 1. The van der Waals surface area contributed by atoms with Gasteiger partial charge in [-0.05, 0) is 61.7 Å². The third kappa shape index (κ3) is 4.20. The number of hydrogen-bond acceptors (Lipinski definition) is 4. The molecule has 7 heteroatoms. The van der Waals surface area contributed by atoms with Crippen LogP contribution in [0, 0.1) is 0 Å². The molecule has 6 nitrogen and oxygen atoms in total. The summed E-state index contributed by atoms with van der Waals surface area (Å²) in [4.78, 5) is 12.5. The van der Waals surface area contributed by atoms with Gasteiger partial charge in [-0.15, -0.1) is 6.58 Å². The van der Waals surface area contributed by atoms with E-state index in [1.54, 1.807) is 42.5 Å². The number of hydrogen-bond donors (Lipinski definition) is 2. The minimum atomic E-state index is -3.70. The van der Waals surface area contributed by atoms with Crippen LogP contribution in [0.2, 0.25) is 0 Å². The highest BCUT2D eigenvalue weighted by atomic mass is 32.2. The summed E-state index contributed by atoms with van der Waals surface area (Å²) < 4.78 is 33.0. The van der Waals surface area contributed by atoms with Crippen molar-refractivity contribution in [3.05, 3.63) is 66.7 Å². The van der Waals surface area contributed by atoms with Gasteiger partial charge in [0.15, 0.2) is 0 Å². The maximum Gasteiger partial charge on any atom is 0.261 e. The molecule has 1 saturated carbocycles. The fourth-order valence-electron chi connectivity index (χ4n) is 3.06. The Labute approximate surface area is 165 Å². The first kappa shape index (κ1) is 19.9. The zero-order chi connectivity index (χ0) is 20.2. The molecule has 28 heavy (non-hydrogen) atoms. The maximum absolute atomic E-state index is 12.6. The van der Waals surface area contributed by atoms with E-state index in [1.165, 1.54) is 12.1 Å². The lowest BCUT2D eigenvalue weighted by Gasteiger charge is -2.16. The predicted molar refractivity (Wildman–Crippen MR) is 109 cm³/mol. The zero-order valence-corrected chi connectivity index (χ0v) is 16.6. The highest BCUT2D eigenvalue weighted by molar-refractivity contribution is 7.92. The highest BCUT2D eigenvalue weighted by Gasteiger charge is 2.50. The second-order valence-electron chi connectivity index (χ2n) is 6.67. The summed E-state index contributed by atoms with van der Waals surface area (Å²) in [6, 6.07) is 13.2. The van der Waals surface area contributed by atoms with Crippen LogP contribution in [0.1, 0.15) is 25.3 Å². The average molecular weight is 401 g/mol. The van der Waals surface area contributed by atoms with Gasteiger partial charge >= 0.3 is 0 Å². The lowest BCUT2D eigenvalue weighted by molar-refractivity contribution is -0.123. The molecule has 0 aliphatic heterocycles. The Balaban J connectivity index is 1.71. The Morgan fingerprint density at radius 2 is 1.79 bits per heavy atom. The molecule has 0 aromatic heterocycles. The van der Waals surface area contributed by atoms with E-state index in [4.69, 9.17) is 4.74 Å². The van der Waals surface area contributed by atoms with Gasteiger partial charge in [-0.1, -0.05) is 18.2 Å². The van der Waals surface area contributed by atoms with Crippen molar-refractivity contribution in [3.8, 4) is 5.75 Å². The van der Waals surface area contributed by atoms with Crippen molar-refractivity contribution in [2.24, 2.45) is 0 Å². The lowest BCUT2D eigenvalue weighted by Crippen LogP contribution is -2.34. The fraction of sp³-hybridized carbons (Fsp3) is 0.286. The number of benzene rings is 2. The van der Waals surface area contributed by atoms with E-state index in [1.807, 2.05) is 6.92 Å². The molecule has 1 aliphatic carbocycles. The number of sulfonamides is 1. The standard InChI is InChI=1S/C21H24N2O4S/c1-3-15-22-20(24)21(13-14-21)16-5-7-17(8-6-16)23-28(25,26)19-11-9-18(10-12-19)27-4-2/h3,5-12,23H,1,4,13-15H2,2H3,(H,22,24). The van der Waals surface area contributed by atoms with Crippen molar-refractivity contribution in [2.75, 3.05) is 17.9 Å². The van der Waals surface area contributed by atoms with Crippen LogP contribution in [0.3, 0.4) is 0 Å². The van der Waals surface area contributed by atoms with Crippen molar-refractivity contribution in [3.63, 3.8) is 0 Å². The Morgan fingerprint density at radius 3 is 2.32 bits per heavy atom. The Bertz CT molecular complexity index is 947. The van der Waals surface area contributed by atoms with Crippen LogP contribution in [0.25, 0.3) is 0 Å². The van der Waals surface area contributed by atoms with Crippen LogP contribution in [0.5, 0.6) is 5.75 Å². The normalized spacial score (nSPS) is 14.8. The summed E-state index contributed by atoms with van der Waals surface area (Å²) in [7, 11) is -3.70. The number of amides is 1. The molecule has 0 unspecified atom stereocenters. The molecule has 0 bridgehead atoms. The van der Waals surface area contributed by atoms with Crippen LogP contribution in [0.15, 0.2) is 66.1 Å². The zero-order valence-electron chi connectivity index (χ0n) is 15.8. The number of anilines is 1. The third-order valence-electron chi connectivity index (χ3n) is 4.73. The largest absolute Gasteiger partial charge is 0.494 e. The van der Waals surface area contributed by atoms with Gasteiger partial charge in [-0.2, -0.15) is 0 Å². The first-order valence-electron chi connectivity index (χ1n) is 9.17. The van der Waals surface area contributed by atoms with E-state index in [0.717, 1.165) is 18.4 Å². The fourth-order valence-corrected chi connectivity index (χ4v) is 4.12. The van der Waals surface area contributed by atoms with Gasteiger partial charge in [0.2, 0.25) is 5.91 Å². The smallest absolute Gasteiger partial charge is 0.261 e. The third-order valence-corrected chi connectivity index (χ3v) is 6.12. The molecule has 0 spiro atoms. The van der Waals surface area contributed by atoms with E-state index in [9.17, 15) is 13.2 Å². The maximum atomic E-state index is 12.6. The minimum absolute atomic E-state index is 0.0184. The topological polar surface area (TPSA) is 84.5 Å². The monoisotopic (exact) mass is 400 g/mol. The summed E-state index contributed by atoms with van der Waals surface area (Å²) in [5.74, 6) is 0.602. The Morgan fingerprint density at radius 1 is 1.14 bits per heavy atom. The van der Waals surface area contributed by atoms with Gasteiger partial charge in [0.25, 0.3) is 10.0 Å². The van der Waals surface area contributed by atoms with E-state index in [0.29, 0.717) is 24.6 Å². The molecule has 1 aliphatic rings. The van der Waals surface area contributed by atoms with Crippen molar-refractivity contribution in [1.29, 1.82) is 0 Å². The summed E-state index contributed by atoms with van der Waals surface area (Å²) in [6.45, 7) is 6.42. The van der Waals surface area contributed by atoms with Gasteiger partial charge in [0, 0.05) is 12.2 Å². The number of ether oxygens (including phenoxy) is 1. The molecule has 148 valence electrons. The molecule has 0 saturated heterocycles. The SMILES string of the molecule is C=CCNC(=O)C1(c2ccc(NS(=O)(=O)c3ccc(OCC)cc3)cc2)CC1. The molecule has 0 radical (unpaired) electrons. The van der Waals surface area contributed by atoms with Gasteiger partial charge in [-0.3, -0.25) is 9.52 Å². The molecule has 0 heterocycles. The van der Waals surface area contributed by atoms with Crippen LogP contribution in [-0.2, 0) is 20.2 Å². The Kier molecular flexibility index (Phi) is 5.74. The second-order valence-corrected chi connectivity index (χ2v) is 8.35. The van der Waals surface area contributed by atoms with Crippen LogP contribution in [-0.4, -0.2) is 27.5 Å². The quantitative estimate of drug-likeness (QED) is 0.633. The Hall–Kier alpha value is -2.80. The number of carbonyl (C=O) groups excluding carboxylic acids is 1. The molecular formula is C21H24N2O4S. The molecule has 1 fully saturated rings. The van der Waals surface area contributed by atoms with Gasteiger partial charge in [0.1, 0.15) is 5.75 Å². The first-order valence-corrected chi connectivity index (χ1v) is 10.6. The van der Waals surface area contributed by atoms with Crippen molar-refractivity contribution in [1.82, 2.24) is 5.32 Å². The predicted octanol–water partition coefficient (Wildman–Crippen LogP) is 3.22. The second kappa shape index (κ2) is 8.06. The van der Waals surface area contributed by atoms with E-state index < -0.39 is 15.4 Å². The van der Waals surface area contributed by atoms with Crippen LogP contribution >= 0.6 is 0 Å². The van der Waals surface area contributed by atoms with Crippen molar-refractivity contribution < 1.29 is 17.9 Å². The summed E-state index contributed by atoms with van der Waals surface area (Å²) >= 11 is 0. The molecule has 0 atom stereocenters.